The lowest BCUT2D eigenvalue weighted by Crippen LogP contribution is -2.61. The van der Waals surface area contributed by atoms with E-state index in [1.165, 1.54) is 47.3 Å². The molecule has 0 bridgehead atoms. The Kier molecular flexibility index (Phi) is 11.5. The highest BCUT2D eigenvalue weighted by Crippen LogP contribution is 2.74. The SMILES string of the molecule is CC.c1ccc(N(c2ccc3c(c2)N(c2ccccc2)c2cc(S(c4ccccc4)(c4ccccc4)c4ccccc4)cc4c2B3c2ccccc2N4c2ccccc2)c2ccc3oc4ccccc4c3c2)cc1. The van der Waals surface area contributed by atoms with Crippen LogP contribution in [0, 0.1) is 0 Å². The largest absolute Gasteiger partial charge is 0.456 e. The first-order valence-corrected chi connectivity index (χ1v) is 27.2. The van der Waals surface area contributed by atoms with Gasteiger partial charge in [0, 0.05) is 81.5 Å². The molecule has 0 spiro atoms. The number of benzene rings is 11. The summed E-state index contributed by atoms with van der Waals surface area (Å²) in [5.74, 6) is 0. The molecule has 74 heavy (non-hydrogen) atoms. The molecule has 0 saturated heterocycles. The highest BCUT2D eigenvalue weighted by atomic mass is 32.3. The number of anilines is 9. The molecule has 0 amide bonds. The van der Waals surface area contributed by atoms with Gasteiger partial charge in [-0.1, -0.05) is 166 Å². The summed E-state index contributed by atoms with van der Waals surface area (Å²) < 4.78 is 6.36. The van der Waals surface area contributed by atoms with Crippen LogP contribution in [0.1, 0.15) is 13.8 Å². The van der Waals surface area contributed by atoms with E-state index in [-0.39, 0.29) is 6.71 Å². The summed E-state index contributed by atoms with van der Waals surface area (Å²) in [7, 11) is -2.13. The Bertz CT molecular complexity index is 3850. The second kappa shape index (κ2) is 18.9. The van der Waals surface area contributed by atoms with E-state index in [1.54, 1.807) is 0 Å². The number of para-hydroxylation sites is 5. The monoisotopic (exact) mass is 969 g/mol. The highest BCUT2D eigenvalue weighted by molar-refractivity contribution is 8.34. The average Bonchev–Trinajstić information content (AvgIpc) is 3.85. The number of fused-ring (bicyclic) bond motifs is 7. The third-order valence-electron chi connectivity index (χ3n) is 14.5. The first kappa shape index (κ1) is 44.9. The lowest BCUT2D eigenvalue weighted by molar-refractivity contribution is 0.669. The lowest BCUT2D eigenvalue weighted by atomic mass is 9.33. The van der Waals surface area contributed by atoms with Crippen molar-refractivity contribution in [2.24, 2.45) is 0 Å². The van der Waals surface area contributed by atoms with Crippen LogP contribution in [0.5, 0.6) is 0 Å². The molecule has 3 heterocycles. The van der Waals surface area contributed by atoms with Crippen molar-refractivity contribution in [3.05, 3.63) is 279 Å². The van der Waals surface area contributed by atoms with Crippen LogP contribution in [0.25, 0.3) is 21.9 Å². The minimum Gasteiger partial charge on any atom is -0.456 e. The van der Waals surface area contributed by atoms with E-state index in [0.717, 1.165) is 61.8 Å². The molecular weight excluding hydrogens is 918 g/mol. The predicted octanol–water partition coefficient (Wildman–Crippen LogP) is 17.5. The van der Waals surface area contributed by atoms with E-state index in [0.29, 0.717) is 0 Å². The van der Waals surface area contributed by atoms with Gasteiger partial charge in [-0.05, 0) is 144 Å². The van der Waals surface area contributed by atoms with Gasteiger partial charge in [0.15, 0.2) is 0 Å². The second-order valence-electron chi connectivity index (χ2n) is 18.5. The maximum atomic E-state index is 6.36. The molecule has 0 N–H and O–H groups in total. The van der Waals surface area contributed by atoms with Gasteiger partial charge in [-0.2, -0.15) is 0 Å². The highest BCUT2D eigenvalue weighted by Gasteiger charge is 2.45. The van der Waals surface area contributed by atoms with Gasteiger partial charge in [0.2, 0.25) is 0 Å². The summed E-state index contributed by atoms with van der Waals surface area (Å²) in [6, 6.07) is 103. The van der Waals surface area contributed by atoms with Crippen molar-refractivity contribution in [1.82, 2.24) is 0 Å². The normalized spacial score (nSPS) is 12.6. The van der Waals surface area contributed by atoms with Gasteiger partial charge >= 0.3 is 0 Å². The van der Waals surface area contributed by atoms with Crippen LogP contribution >= 0.6 is 10.0 Å². The van der Waals surface area contributed by atoms with Crippen molar-refractivity contribution < 1.29 is 4.42 Å². The molecule has 11 aromatic carbocycles. The summed E-state index contributed by atoms with van der Waals surface area (Å²) in [6.07, 6.45) is 0. The minimum absolute atomic E-state index is 0.0716. The molecule has 4 nitrogen and oxygen atoms in total. The summed E-state index contributed by atoms with van der Waals surface area (Å²) >= 11 is 0. The molecule has 0 radical (unpaired) electrons. The molecule has 6 heteroatoms. The van der Waals surface area contributed by atoms with Crippen molar-refractivity contribution in [1.29, 1.82) is 0 Å². The van der Waals surface area contributed by atoms with E-state index in [4.69, 9.17) is 4.42 Å². The summed E-state index contributed by atoms with van der Waals surface area (Å²) in [4.78, 5) is 12.6. The topological polar surface area (TPSA) is 22.9 Å². The molecule has 0 aliphatic carbocycles. The summed E-state index contributed by atoms with van der Waals surface area (Å²) in [5, 5.41) is 2.19. The standard InChI is InChI=1S/C66H46BN3OS.C2H6/c1-7-23-47(24-8-1)68(50-40-42-65-57(43-50)56-35-19-22-38-64(56)71-65)51-39-41-59-61(44-51)70(49-27-11-3-12-28-49)63-46-55(45-62-66(63)67(59)58-36-20-21-37-60(58)69(62)48-25-9-2-10-26-48)72(52-29-13-4-14-30-52,53-31-15-5-16-32-53)54-33-17-6-18-34-54;1-2/h1-46H;1-2H3. The van der Waals surface area contributed by atoms with E-state index in [2.05, 4.69) is 282 Å². The fourth-order valence-corrected chi connectivity index (χ4v) is 15.4. The first-order valence-electron chi connectivity index (χ1n) is 25.6. The molecule has 12 aromatic rings. The third-order valence-corrected chi connectivity index (χ3v) is 18.4. The molecule has 1 aromatic heterocycles. The zero-order chi connectivity index (χ0) is 49.6. The molecule has 354 valence electrons. The fraction of sp³-hybridized carbons (Fsp3) is 0.0294. The van der Waals surface area contributed by atoms with Crippen molar-refractivity contribution in [2.75, 3.05) is 14.7 Å². The van der Waals surface area contributed by atoms with E-state index in [1.807, 2.05) is 26.0 Å². The predicted molar refractivity (Wildman–Crippen MR) is 314 cm³/mol. The number of hydrogen-bond acceptors (Lipinski definition) is 4. The van der Waals surface area contributed by atoms with Crippen LogP contribution in [-0.4, -0.2) is 6.71 Å². The van der Waals surface area contributed by atoms with Crippen LogP contribution in [0.3, 0.4) is 0 Å². The Morgan fingerprint density at radius 1 is 0.338 bits per heavy atom. The lowest BCUT2D eigenvalue weighted by Gasteiger charge is -2.47. The molecular formula is C68H52BN3OS. The Balaban J connectivity index is 0.00000261. The molecule has 2 aliphatic rings. The Hall–Kier alpha value is -8.97. The van der Waals surface area contributed by atoms with Gasteiger partial charge in [0.05, 0.1) is 0 Å². The van der Waals surface area contributed by atoms with Gasteiger partial charge in [-0.25, -0.2) is 0 Å². The summed E-state index contributed by atoms with van der Waals surface area (Å²) in [5.41, 5.74) is 15.6. The number of hydrogen-bond donors (Lipinski definition) is 0. The van der Waals surface area contributed by atoms with Crippen LogP contribution in [-0.2, 0) is 0 Å². The van der Waals surface area contributed by atoms with Crippen molar-refractivity contribution in [3.8, 4) is 0 Å². The van der Waals surface area contributed by atoms with Crippen molar-refractivity contribution in [2.45, 2.75) is 33.4 Å². The van der Waals surface area contributed by atoms with Gasteiger partial charge in [-0.15, -0.1) is 10.0 Å². The Morgan fingerprint density at radius 2 is 0.784 bits per heavy atom. The molecule has 0 unspecified atom stereocenters. The van der Waals surface area contributed by atoms with Gasteiger partial charge in [0.25, 0.3) is 6.71 Å². The first-order chi connectivity index (χ1) is 36.7. The van der Waals surface area contributed by atoms with Crippen molar-refractivity contribution in [3.63, 3.8) is 0 Å². The average molecular weight is 970 g/mol. The smallest absolute Gasteiger partial charge is 0.252 e. The van der Waals surface area contributed by atoms with Gasteiger partial charge in [0.1, 0.15) is 11.2 Å². The third kappa shape index (κ3) is 7.24. The number of nitrogens with zero attached hydrogens (tertiary/aromatic N) is 3. The molecule has 14 rings (SSSR count). The Labute approximate surface area is 435 Å². The zero-order valence-electron chi connectivity index (χ0n) is 41.3. The molecule has 2 aliphatic heterocycles. The number of rotatable bonds is 9. The minimum atomic E-state index is -2.13. The van der Waals surface area contributed by atoms with Crippen LogP contribution < -0.4 is 31.1 Å². The fourth-order valence-electron chi connectivity index (χ4n) is 11.5. The molecule has 0 saturated carbocycles. The second-order valence-corrected chi connectivity index (χ2v) is 21.6. The van der Waals surface area contributed by atoms with Gasteiger partial charge in [-0.3, -0.25) is 0 Å². The van der Waals surface area contributed by atoms with E-state index in [9.17, 15) is 0 Å². The van der Waals surface area contributed by atoms with Crippen LogP contribution in [0.15, 0.2) is 303 Å². The van der Waals surface area contributed by atoms with Crippen LogP contribution in [0.2, 0.25) is 0 Å². The molecule has 0 fully saturated rings. The van der Waals surface area contributed by atoms with E-state index >= 15 is 0 Å². The van der Waals surface area contributed by atoms with E-state index < -0.39 is 10.0 Å². The number of furan rings is 1. The van der Waals surface area contributed by atoms with Gasteiger partial charge < -0.3 is 19.1 Å². The van der Waals surface area contributed by atoms with Crippen LogP contribution in [0.4, 0.5) is 51.2 Å². The van der Waals surface area contributed by atoms with Crippen molar-refractivity contribution >= 4 is 106 Å². The maximum absolute atomic E-state index is 6.36. The molecule has 0 atom stereocenters. The quantitative estimate of drug-likeness (QED) is 0.134. The summed E-state index contributed by atoms with van der Waals surface area (Å²) in [6.45, 7) is 3.93. The maximum Gasteiger partial charge on any atom is 0.252 e. The Morgan fingerprint density at radius 3 is 1.38 bits per heavy atom. The zero-order valence-corrected chi connectivity index (χ0v) is 42.1.